The van der Waals surface area contributed by atoms with Gasteiger partial charge in [-0.05, 0) is 18.2 Å². The maximum atomic E-state index is 11.6. The molecule has 0 bridgehead atoms. The summed E-state index contributed by atoms with van der Waals surface area (Å²) in [5, 5.41) is 2.96. The number of nitrogens with zero attached hydrogens (tertiary/aromatic N) is 1. The van der Waals surface area contributed by atoms with Crippen molar-refractivity contribution < 1.29 is 14.3 Å². The number of nitrogens with two attached hydrogens (primary N) is 1. The van der Waals surface area contributed by atoms with Crippen LogP contribution in [0.4, 0.5) is 5.82 Å². The number of anilines is 1. The van der Waals surface area contributed by atoms with Gasteiger partial charge in [0.05, 0.1) is 24.5 Å². The Labute approximate surface area is 147 Å². The molecule has 134 valence electrons. The average molecular weight is 344 g/mol. The Morgan fingerprint density at radius 1 is 1.36 bits per heavy atom. The molecule has 1 aliphatic rings. The van der Waals surface area contributed by atoms with E-state index in [0.717, 1.165) is 49.9 Å². The number of hydrogen-bond donors (Lipinski definition) is 3. The van der Waals surface area contributed by atoms with E-state index in [2.05, 4.69) is 15.2 Å². The monoisotopic (exact) mass is 344 g/mol. The molecule has 1 aromatic carbocycles. The predicted molar refractivity (Wildman–Crippen MR) is 97.0 cm³/mol. The average Bonchev–Trinajstić information content (AvgIpc) is 3.08. The molecule has 1 aliphatic heterocycles. The Morgan fingerprint density at radius 3 is 2.80 bits per heavy atom. The summed E-state index contributed by atoms with van der Waals surface area (Å²) in [5.74, 6) is 0.902. The SMILES string of the molecule is CNc1[nH]c(-c2ccccc2OCCN2CCOCC2)cc1C(N)=O. The van der Waals surface area contributed by atoms with Crippen LogP contribution in [-0.2, 0) is 4.74 Å². The van der Waals surface area contributed by atoms with Gasteiger partial charge in [0.2, 0.25) is 0 Å². The van der Waals surface area contributed by atoms with Crippen molar-refractivity contribution in [1.82, 2.24) is 9.88 Å². The summed E-state index contributed by atoms with van der Waals surface area (Å²) in [6.45, 7) is 4.89. The third kappa shape index (κ3) is 4.12. The van der Waals surface area contributed by atoms with Crippen LogP contribution in [0.15, 0.2) is 30.3 Å². The van der Waals surface area contributed by atoms with Crippen LogP contribution in [0.2, 0.25) is 0 Å². The van der Waals surface area contributed by atoms with E-state index < -0.39 is 5.91 Å². The molecule has 0 unspecified atom stereocenters. The molecular formula is C18H24N4O3. The van der Waals surface area contributed by atoms with E-state index in [0.29, 0.717) is 18.0 Å². The lowest BCUT2D eigenvalue weighted by Crippen LogP contribution is -2.38. The number of aromatic nitrogens is 1. The van der Waals surface area contributed by atoms with E-state index in [1.807, 2.05) is 24.3 Å². The van der Waals surface area contributed by atoms with Crippen LogP contribution in [0.3, 0.4) is 0 Å². The number of benzene rings is 1. The second-order valence-electron chi connectivity index (χ2n) is 5.88. The summed E-state index contributed by atoms with van der Waals surface area (Å²) in [6, 6.07) is 9.51. The third-order valence-electron chi connectivity index (χ3n) is 4.28. The summed E-state index contributed by atoms with van der Waals surface area (Å²) >= 11 is 0. The summed E-state index contributed by atoms with van der Waals surface area (Å²) in [4.78, 5) is 17.1. The Kier molecular flexibility index (Phi) is 5.57. The number of para-hydroxylation sites is 1. The molecule has 0 radical (unpaired) electrons. The highest BCUT2D eigenvalue weighted by molar-refractivity contribution is 5.99. The molecule has 2 aromatic rings. The minimum atomic E-state index is -0.474. The van der Waals surface area contributed by atoms with E-state index in [9.17, 15) is 4.79 Å². The molecule has 7 heteroatoms. The van der Waals surface area contributed by atoms with Crippen LogP contribution in [0.1, 0.15) is 10.4 Å². The Hall–Kier alpha value is -2.51. The molecule has 1 aromatic heterocycles. The summed E-state index contributed by atoms with van der Waals surface area (Å²) in [6.07, 6.45) is 0. The lowest BCUT2D eigenvalue weighted by atomic mass is 10.1. The van der Waals surface area contributed by atoms with Gasteiger partial charge < -0.3 is 25.5 Å². The van der Waals surface area contributed by atoms with Crippen LogP contribution < -0.4 is 15.8 Å². The smallest absolute Gasteiger partial charge is 0.252 e. The first kappa shape index (κ1) is 17.3. The highest BCUT2D eigenvalue weighted by Gasteiger charge is 2.16. The van der Waals surface area contributed by atoms with E-state index in [4.69, 9.17) is 15.2 Å². The first-order valence-electron chi connectivity index (χ1n) is 8.42. The Bertz CT molecular complexity index is 723. The van der Waals surface area contributed by atoms with Crippen molar-refractivity contribution in [3.05, 3.63) is 35.9 Å². The van der Waals surface area contributed by atoms with Gasteiger partial charge in [-0.25, -0.2) is 0 Å². The Balaban J connectivity index is 1.73. The van der Waals surface area contributed by atoms with Crippen LogP contribution >= 0.6 is 0 Å². The van der Waals surface area contributed by atoms with Gasteiger partial charge >= 0.3 is 0 Å². The first-order chi connectivity index (χ1) is 12.2. The molecular weight excluding hydrogens is 320 g/mol. The fourth-order valence-corrected chi connectivity index (χ4v) is 2.92. The lowest BCUT2D eigenvalue weighted by Gasteiger charge is -2.26. The predicted octanol–water partition coefficient (Wildman–Crippen LogP) is 1.53. The first-order valence-corrected chi connectivity index (χ1v) is 8.42. The molecule has 4 N–H and O–H groups in total. The molecule has 0 atom stereocenters. The van der Waals surface area contributed by atoms with Crippen molar-refractivity contribution in [1.29, 1.82) is 0 Å². The molecule has 7 nitrogen and oxygen atoms in total. The van der Waals surface area contributed by atoms with Gasteiger partial charge in [0.25, 0.3) is 5.91 Å². The number of hydrogen-bond acceptors (Lipinski definition) is 5. The van der Waals surface area contributed by atoms with Gasteiger partial charge in [-0.2, -0.15) is 0 Å². The van der Waals surface area contributed by atoms with Gasteiger partial charge in [0, 0.05) is 32.2 Å². The lowest BCUT2D eigenvalue weighted by molar-refractivity contribution is 0.0323. The molecule has 0 aliphatic carbocycles. The number of morpholine rings is 1. The van der Waals surface area contributed by atoms with Crippen molar-refractivity contribution in [3.63, 3.8) is 0 Å². The minimum absolute atomic E-state index is 0.431. The maximum absolute atomic E-state index is 11.6. The van der Waals surface area contributed by atoms with Crippen LogP contribution in [0.25, 0.3) is 11.3 Å². The fraction of sp³-hybridized carbons (Fsp3) is 0.389. The maximum Gasteiger partial charge on any atom is 0.252 e. The number of aromatic amines is 1. The summed E-state index contributed by atoms with van der Waals surface area (Å²) in [5.41, 5.74) is 7.56. The van der Waals surface area contributed by atoms with Crippen molar-refractivity contribution >= 4 is 11.7 Å². The molecule has 1 fully saturated rings. The third-order valence-corrected chi connectivity index (χ3v) is 4.28. The second kappa shape index (κ2) is 8.04. The van der Waals surface area contributed by atoms with Crippen molar-refractivity contribution in [3.8, 4) is 17.0 Å². The molecule has 1 amide bonds. The molecule has 25 heavy (non-hydrogen) atoms. The topological polar surface area (TPSA) is 92.6 Å². The number of amides is 1. The van der Waals surface area contributed by atoms with Gasteiger partial charge in [-0.15, -0.1) is 0 Å². The van der Waals surface area contributed by atoms with Gasteiger partial charge in [-0.3, -0.25) is 9.69 Å². The van der Waals surface area contributed by atoms with Crippen molar-refractivity contribution in [2.45, 2.75) is 0 Å². The number of ether oxygens (including phenoxy) is 2. The second-order valence-corrected chi connectivity index (χ2v) is 5.88. The van der Waals surface area contributed by atoms with Crippen molar-refractivity contribution in [2.24, 2.45) is 5.73 Å². The van der Waals surface area contributed by atoms with E-state index in [-0.39, 0.29) is 0 Å². The molecule has 3 rings (SSSR count). The van der Waals surface area contributed by atoms with Gasteiger partial charge in [-0.1, -0.05) is 12.1 Å². The zero-order chi connectivity index (χ0) is 17.6. The number of H-pyrrole nitrogens is 1. The highest BCUT2D eigenvalue weighted by Crippen LogP contribution is 2.32. The minimum Gasteiger partial charge on any atom is -0.492 e. The summed E-state index contributed by atoms with van der Waals surface area (Å²) < 4.78 is 11.4. The highest BCUT2D eigenvalue weighted by atomic mass is 16.5. The van der Waals surface area contributed by atoms with E-state index in [1.54, 1.807) is 13.1 Å². The molecule has 0 saturated carbocycles. The molecule has 2 heterocycles. The van der Waals surface area contributed by atoms with Crippen LogP contribution in [0, 0.1) is 0 Å². The number of carbonyl (C=O) groups is 1. The zero-order valence-electron chi connectivity index (χ0n) is 14.4. The number of nitrogens with one attached hydrogen (secondary N) is 2. The number of rotatable bonds is 7. The van der Waals surface area contributed by atoms with E-state index >= 15 is 0 Å². The van der Waals surface area contributed by atoms with Gasteiger partial charge in [0.15, 0.2) is 0 Å². The van der Waals surface area contributed by atoms with Gasteiger partial charge in [0.1, 0.15) is 18.2 Å². The van der Waals surface area contributed by atoms with Crippen molar-refractivity contribution in [2.75, 3.05) is 51.8 Å². The normalized spacial score (nSPS) is 15.1. The Morgan fingerprint density at radius 2 is 2.12 bits per heavy atom. The van der Waals surface area contributed by atoms with E-state index in [1.165, 1.54) is 0 Å². The zero-order valence-corrected chi connectivity index (χ0v) is 14.4. The fourth-order valence-electron chi connectivity index (χ4n) is 2.92. The van der Waals surface area contributed by atoms with Crippen LogP contribution in [-0.4, -0.2) is 62.3 Å². The number of carbonyl (C=O) groups excluding carboxylic acids is 1. The molecule has 0 spiro atoms. The quantitative estimate of drug-likeness (QED) is 0.708. The largest absolute Gasteiger partial charge is 0.492 e. The standard InChI is InChI=1S/C18H24N4O3/c1-20-18-14(17(19)23)12-15(21-18)13-4-2-3-5-16(13)25-11-8-22-6-9-24-10-7-22/h2-5,12,20-21H,6-11H2,1H3,(H2,19,23). The summed E-state index contributed by atoms with van der Waals surface area (Å²) in [7, 11) is 1.74. The number of primary amides is 1. The van der Waals surface area contributed by atoms with Crippen LogP contribution in [0.5, 0.6) is 5.75 Å². The molecule has 1 saturated heterocycles.